The van der Waals surface area contributed by atoms with Crippen LogP contribution in [0.5, 0.6) is 0 Å². The van der Waals surface area contributed by atoms with Gasteiger partial charge in [0, 0.05) is 37.7 Å². The largest absolute Gasteiger partial charge is 0.356 e. The molecule has 0 spiro atoms. The first-order valence-corrected chi connectivity index (χ1v) is 11.7. The van der Waals surface area contributed by atoms with Crippen LogP contribution in [0.25, 0.3) is 0 Å². The third-order valence-electron chi connectivity index (χ3n) is 6.26. The Morgan fingerprint density at radius 2 is 1.67 bits per heavy atom. The maximum atomic E-state index is 12.2. The molecule has 2 saturated heterocycles. The molecule has 1 aromatic rings. The van der Waals surface area contributed by atoms with Crippen molar-refractivity contribution in [2.75, 3.05) is 44.6 Å². The first kappa shape index (κ1) is 22.8. The Morgan fingerprint density at radius 3 is 2.33 bits per heavy atom. The van der Waals surface area contributed by atoms with Gasteiger partial charge >= 0.3 is 0 Å². The molecule has 2 aliphatic heterocycles. The SMILES string of the molecule is CCCNC(=O)C1CCN(Cc2ccc(NC(=O)CCN3CCCCC3)cc2)CC1. The summed E-state index contributed by atoms with van der Waals surface area (Å²) in [5.41, 5.74) is 2.11. The summed E-state index contributed by atoms with van der Waals surface area (Å²) in [6.45, 7) is 8.78. The summed E-state index contributed by atoms with van der Waals surface area (Å²) in [5, 5.41) is 6.04. The van der Waals surface area contributed by atoms with Crippen LogP contribution in [0, 0.1) is 5.92 Å². The van der Waals surface area contributed by atoms with E-state index in [1.54, 1.807) is 0 Å². The van der Waals surface area contributed by atoms with E-state index in [4.69, 9.17) is 0 Å². The van der Waals surface area contributed by atoms with E-state index in [-0.39, 0.29) is 17.7 Å². The van der Waals surface area contributed by atoms with E-state index < -0.39 is 0 Å². The molecule has 2 fully saturated rings. The molecule has 6 nitrogen and oxygen atoms in total. The van der Waals surface area contributed by atoms with Crippen LogP contribution in [0.15, 0.2) is 24.3 Å². The van der Waals surface area contributed by atoms with Crippen LogP contribution >= 0.6 is 0 Å². The first-order chi connectivity index (χ1) is 14.6. The number of hydrogen-bond donors (Lipinski definition) is 2. The molecule has 3 rings (SSSR count). The fraction of sp³-hybridized carbons (Fsp3) is 0.667. The smallest absolute Gasteiger partial charge is 0.225 e. The Labute approximate surface area is 181 Å². The van der Waals surface area contributed by atoms with Crippen LogP contribution in [-0.2, 0) is 16.1 Å². The van der Waals surface area contributed by atoms with E-state index in [0.29, 0.717) is 6.42 Å². The summed E-state index contributed by atoms with van der Waals surface area (Å²) in [5.74, 6) is 0.476. The monoisotopic (exact) mass is 414 g/mol. The van der Waals surface area contributed by atoms with Gasteiger partial charge in [-0.15, -0.1) is 0 Å². The molecule has 2 aliphatic rings. The van der Waals surface area contributed by atoms with Gasteiger partial charge in [0.25, 0.3) is 0 Å². The van der Waals surface area contributed by atoms with Gasteiger partial charge in [0.15, 0.2) is 0 Å². The average Bonchev–Trinajstić information content (AvgIpc) is 2.78. The molecular weight excluding hydrogens is 376 g/mol. The minimum absolute atomic E-state index is 0.0942. The topological polar surface area (TPSA) is 64.7 Å². The number of nitrogens with one attached hydrogen (secondary N) is 2. The van der Waals surface area contributed by atoms with E-state index >= 15 is 0 Å². The molecule has 6 heteroatoms. The van der Waals surface area contributed by atoms with Crippen molar-refractivity contribution in [1.29, 1.82) is 0 Å². The predicted molar refractivity (Wildman–Crippen MR) is 121 cm³/mol. The second-order valence-corrected chi connectivity index (χ2v) is 8.74. The number of nitrogens with zero attached hydrogens (tertiary/aromatic N) is 2. The maximum Gasteiger partial charge on any atom is 0.225 e. The number of piperidine rings is 2. The van der Waals surface area contributed by atoms with Crippen LogP contribution in [0.4, 0.5) is 5.69 Å². The summed E-state index contributed by atoms with van der Waals surface area (Å²) in [6.07, 6.45) is 7.24. The van der Waals surface area contributed by atoms with E-state index in [1.807, 2.05) is 12.1 Å². The van der Waals surface area contributed by atoms with Crippen molar-refractivity contribution in [1.82, 2.24) is 15.1 Å². The molecule has 0 radical (unpaired) electrons. The van der Waals surface area contributed by atoms with Crippen LogP contribution in [-0.4, -0.2) is 60.9 Å². The number of anilines is 1. The van der Waals surface area contributed by atoms with Crippen LogP contribution in [0.3, 0.4) is 0 Å². The van der Waals surface area contributed by atoms with Crippen molar-refractivity contribution in [2.24, 2.45) is 5.92 Å². The lowest BCUT2D eigenvalue weighted by atomic mass is 9.95. The number of carbonyl (C=O) groups is 2. The van der Waals surface area contributed by atoms with Gasteiger partial charge in [0.05, 0.1) is 0 Å². The Balaban J connectivity index is 1.36. The zero-order valence-corrected chi connectivity index (χ0v) is 18.5. The lowest BCUT2D eigenvalue weighted by molar-refractivity contribution is -0.126. The molecule has 0 atom stereocenters. The van der Waals surface area contributed by atoms with E-state index in [2.05, 4.69) is 39.5 Å². The number of amides is 2. The Morgan fingerprint density at radius 1 is 0.967 bits per heavy atom. The second kappa shape index (κ2) is 12.1. The predicted octanol–water partition coefficient (Wildman–Crippen LogP) is 3.24. The number of rotatable bonds is 9. The molecule has 2 heterocycles. The minimum atomic E-state index is 0.0942. The summed E-state index contributed by atoms with van der Waals surface area (Å²) < 4.78 is 0. The van der Waals surface area contributed by atoms with Crippen molar-refractivity contribution >= 4 is 17.5 Å². The molecule has 0 aromatic heterocycles. The molecule has 1 aromatic carbocycles. The highest BCUT2D eigenvalue weighted by atomic mass is 16.2. The van der Waals surface area contributed by atoms with Gasteiger partial charge < -0.3 is 15.5 Å². The minimum Gasteiger partial charge on any atom is -0.356 e. The van der Waals surface area contributed by atoms with Crippen LogP contribution in [0.2, 0.25) is 0 Å². The number of carbonyl (C=O) groups excluding carboxylic acids is 2. The molecule has 0 saturated carbocycles. The molecular formula is C24H38N4O2. The average molecular weight is 415 g/mol. The second-order valence-electron chi connectivity index (χ2n) is 8.74. The maximum absolute atomic E-state index is 12.2. The highest BCUT2D eigenvalue weighted by molar-refractivity contribution is 5.90. The summed E-state index contributed by atoms with van der Waals surface area (Å²) in [6, 6.07) is 8.19. The fourth-order valence-electron chi connectivity index (χ4n) is 4.36. The van der Waals surface area contributed by atoms with Gasteiger partial charge in [-0.1, -0.05) is 25.5 Å². The Bertz CT molecular complexity index is 662. The van der Waals surface area contributed by atoms with Gasteiger partial charge in [-0.3, -0.25) is 14.5 Å². The van der Waals surface area contributed by atoms with Gasteiger partial charge in [0.1, 0.15) is 0 Å². The van der Waals surface area contributed by atoms with Crippen molar-refractivity contribution in [3.63, 3.8) is 0 Å². The van der Waals surface area contributed by atoms with Gasteiger partial charge in [-0.05, 0) is 76.0 Å². The van der Waals surface area contributed by atoms with E-state index in [1.165, 1.54) is 24.8 Å². The zero-order chi connectivity index (χ0) is 21.2. The van der Waals surface area contributed by atoms with Crippen molar-refractivity contribution in [3.8, 4) is 0 Å². The fourth-order valence-corrected chi connectivity index (χ4v) is 4.36. The molecule has 0 unspecified atom stereocenters. The van der Waals surface area contributed by atoms with Gasteiger partial charge in [-0.25, -0.2) is 0 Å². The standard InChI is InChI=1S/C24H38N4O2/c1-2-13-25-24(30)21-10-16-28(17-11-21)19-20-6-8-22(9-7-20)26-23(29)12-18-27-14-4-3-5-15-27/h6-9,21H,2-5,10-19H2,1H3,(H,25,30)(H,26,29). The number of benzene rings is 1. The van der Waals surface area contributed by atoms with Crippen molar-refractivity contribution in [2.45, 2.75) is 58.4 Å². The summed E-state index contributed by atoms with van der Waals surface area (Å²) >= 11 is 0. The summed E-state index contributed by atoms with van der Waals surface area (Å²) in [4.78, 5) is 29.2. The molecule has 0 aliphatic carbocycles. The van der Waals surface area contributed by atoms with Crippen LogP contribution in [0.1, 0.15) is 57.4 Å². The molecule has 0 bridgehead atoms. The van der Waals surface area contributed by atoms with Gasteiger partial charge in [-0.2, -0.15) is 0 Å². The third kappa shape index (κ3) is 7.40. The van der Waals surface area contributed by atoms with Gasteiger partial charge in [0.2, 0.25) is 11.8 Å². The third-order valence-corrected chi connectivity index (χ3v) is 6.26. The molecule has 2 N–H and O–H groups in total. The zero-order valence-electron chi connectivity index (χ0n) is 18.5. The molecule has 30 heavy (non-hydrogen) atoms. The Kier molecular flexibility index (Phi) is 9.15. The number of likely N-dealkylation sites (tertiary alicyclic amines) is 2. The van der Waals surface area contributed by atoms with Crippen molar-refractivity contribution in [3.05, 3.63) is 29.8 Å². The van der Waals surface area contributed by atoms with Crippen LogP contribution < -0.4 is 10.6 Å². The summed E-state index contributed by atoms with van der Waals surface area (Å²) in [7, 11) is 0. The quantitative estimate of drug-likeness (QED) is 0.651. The highest BCUT2D eigenvalue weighted by Gasteiger charge is 2.24. The lowest BCUT2D eigenvalue weighted by Gasteiger charge is -2.31. The number of hydrogen-bond acceptors (Lipinski definition) is 4. The van der Waals surface area contributed by atoms with Crippen molar-refractivity contribution < 1.29 is 9.59 Å². The van der Waals surface area contributed by atoms with E-state index in [9.17, 15) is 9.59 Å². The molecule has 2 amide bonds. The normalized spacial score (nSPS) is 18.8. The van der Waals surface area contributed by atoms with E-state index in [0.717, 1.165) is 70.8 Å². The highest BCUT2D eigenvalue weighted by Crippen LogP contribution is 2.20. The lowest BCUT2D eigenvalue weighted by Crippen LogP contribution is -2.40. The first-order valence-electron chi connectivity index (χ1n) is 11.7. The Hall–Kier alpha value is -1.92. The molecule has 166 valence electrons.